The predicted octanol–water partition coefficient (Wildman–Crippen LogP) is 4.24. The minimum Gasteiger partial charge on any atom is -0.481 e. The van der Waals surface area contributed by atoms with E-state index in [1.807, 2.05) is 24.3 Å². The molecule has 2 aromatic carbocycles. The Morgan fingerprint density at radius 1 is 0.920 bits per heavy atom. The molecule has 5 heteroatoms. The molecule has 0 aliphatic heterocycles. The molecule has 0 fully saturated rings. The highest BCUT2D eigenvalue weighted by Gasteiger charge is 2.23. The third-order valence-electron chi connectivity index (χ3n) is 4.32. The highest BCUT2D eigenvalue weighted by atomic mass is 19.1. The Morgan fingerprint density at radius 3 is 1.92 bits per heavy atom. The van der Waals surface area contributed by atoms with Gasteiger partial charge in [0.1, 0.15) is 5.82 Å². The van der Waals surface area contributed by atoms with E-state index < -0.39 is 23.8 Å². The standard InChI is InChI=1S/C20H21FO4/c1-13(19(22)23)12-17(20(24)25)7-4-14-2-5-15(6-3-14)16-8-10-18(21)11-9-16/h2-3,5-6,8-11,13,17H,4,7,12H2,1H3,(H,22,23)(H,24,25). The van der Waals surface area contributed by atoms with Gasteiger partial charge < -0.3 is 10.2 Å². The maximum atomic E-state index is 13.0. The van der Waals surface area contributed by atoms with Crippen molar-refractivity contribution >= 4 is 11.9 Å². The minimum absolute atomic E-state index is 0.123. The van der Waals surface area contributed by atoms with E-state index in [4.69, 9.17) is 5.11 Å². The number of carbonyl (C=O) groups is 2. The van der Waals surface area contributed by atoms with Crippen LogP contribution in [0.3, 0.4) is 0 Å². The lowest BCUT2D eigenvalue weighted by molar-refractivity contribution is -0.145. The van der Waals surface area contributed by atoms with Crippen LogP contribution in [0.2, 0.25) is 0 Å². The normalized spacial score (nSPS) is 13.2. The molecular formula is C20H21FO4. The van der Waals surface area contributed by atoms with Gasteiger partial charge >= 0.3 is 11.9 Å². The Labute approximate surface area is 145 Å². The maximum absolute atomic E-state index is 13.0. The van der Waals surface area contributed by atoms with Crippen molar-refractivity contribution in [3.05, 3.63) is 59.9 Å². The summed E-state index contributed by atoms with van der Waals surface area (Å²) in [7, 11) is 0. The fourth-order valence-corrected chi connectivity index (χ4v) is 2.72. The van der Waals surface area contributed by atoms with Gasteiger partial charge in [0.15, 0.2) is 0 Å². The summed E-state index contributed by atoms with van der Waals surface area (Å²) in [4.78, 5) is 22.2. The zero-order valence-electron chi connectivity index (χ0n) is 14.0. The first-order chi connectivity index (χ1) is 11.9. The number of rotatable bonds is 8. The van der Waals surface area contributed by atoms with Gasteiger partial charge in [-0.3, -0.25) is 9.59 Å². The second kappa shape index (κ2) is 8.42. The molecule has 4 nitrogen and oxygen atoms in total. The van der Waals surface area contributed by atoms with E-state index in [9.17, 15) is 19.1 Å². The highest BCUT2D eigenvalue weighted by molar-refractivity contribution is 5.73. The minimum atomic E-state index is -0.977. The van der Waals surface area contributed by atoms with Crippen molar-refractivity contribution in [2.45, 2.75) is 26.2 Å². The Bertz CT molecular complexity index is 722. The lowest BCUT2D eigenvalue weighted by Gasteiger charge is -2.15. The van der Waals surface area contributed by atoms with Gasteiger partial charge in [-0.2, -0.15) is 0 Å². The number of carboxylic acid groups (broad SMARTS) is 2. The summed E-state index contributed by atoms with van der Waals surface area (Å²) in [6, 6.07) is 13.9. The Balaban J connectivity index is 1.99. The van der Waals surface area contributed by atoms with Crippen LogP contribution in [0, 0.1) is 17.7 Å². The van der Waals surface area contributed by atoms with Crippen molar-refractivity contribution in [3.8, 4) is 11.1 Å². The second-order valence-corrected chi connectivity index (χ2v) is 6.25. The van der Waals surface area contributed by atoms with Crippen molar-refractivity contribution in [1.82, 2.24) is 0 Å². The van der Waals surface area contributed by atoms with Gasteiger partial charge in [-0.25, -0.2) is 4.39 Å². The summed E-state index contributed by atoms with van der Waals surface area (Å²) in [5.41, 5.74) is 2.85. The maximum Gasteiger partial charge on any atom is 0.306 e. The molecule has 2 aromatic rings. The molecule has 0 heterocycles. The lowest BCUT2D eigenvalue weighted by atomic mass is 9.90. The molecule has 2 atom stereocenters. The molecule has 0 spiro atoms. The van der Waals surface area contributed by atoms with E-state index in [1.165, 1.54) is 19.1 Å². The van der Waals surface area contributed by atoms with Crippen LogP contribution < -0.4 is 0 Å². The van der Waals surface area contributed by atoms with Gasteiger partial charge in [0.25, 0.3) is 0 Å². The number of aryl methyl sites for hydroxylation is 1. The van der Waals surface area contributed by atoms with Crippen LogP contribution in [-0.2, 0) is 16.0 Å². The largest absolute Gasteiger partial charge is 0.481 e. The number of halogens is 1. The number of hydrogen-bond acceptors (Lipinski definition) is 2. The highest BCUT2D eigenvalue weighted by Crippen LogP contribution is 2.23. The molecule has 0 aliphatic carbocycles. The van der Waals surface area contributed by atoms with E-state index in [0.717, 1.165) is 16.7 Å². The van der Waals surface area contributed by atoms with Crippen LogP contribution in [0.5, 0.6) is 0 Å². The van der Waals surface area contributed by atoms with Crippen molar-refractivity contribution in [1.29, 1.82) is 0 Å². The zero-order valence-corrected chi connectivity index (χ0v) is 14.0. The van der Waals surface area contributed by atoms with Gasteiger partial charge in [0.05, 0.1) is 11.8 Å². The molecule has 0 radical (unpaired) electrons. The summed E-state index contributed by atoms with van der Waals surface area (Å²) >= 11 is 0. The fourth-order valence-electron chi connectivity index (χ4n) is 2.72. The van der Waals surface area contributed by atoms with Crippen LogP contribution in [0.1, 0.15) is 25.3 Å². The monoisotopic (exact) mass is 344 g/mol. The van der Waals surface area contributed by atoms with Crippen LogP contribution in [0.25, 0.3) is 11.1 Å². The van der Waals surface area contributed by atoms with Crippen LogP contribution in [-0.4, -0.2) is 22.2 Å². The topological polar surface area (TPSA) is 74.6 Å². The molecule has 0 aromatic heterocycles. The first-order valence-corrected chi connectivity index (χ1v) is 8.17. The third-order valence-corrected chi connectivity index (χ3v) is 4.32. The van der Waals surface area contributed by atoms with Gasteiger partial charge in [-0.1, -0.05) is 43.3 Å². The summed E-state index contributed by atoms with van der Waals surface area (Å²) in [6.07, 6.45) is 1.08. The quantitative estimate of drug-likeness (QED) is 0.751. The van der Waals surface area contributed by atoms with E-state index in [-0.39, 0.29) is 12.2 Å². The van der Waals surface area contributed by atoms with Crippen molar-refractivity contribution in [2.75, 3.05) is 0 Å². The molecule has 0 saturated carbocycles. The van der Waals surface area contributed by atoms with E-state index in [1.54, 1.807) is 12.1 Å². The number of carboxylic acids is 2. The van der Waals surface area contributed by atoms with Crippen LogP contribution in [0.4, 0.5) is 4.39 Å². The van der Waals surface area contributed by atoms with Crippen molar-refractivity contribution < 1.29 is 24.2 Å². The van der Waals surface area contributed by atoms with Gasteiger partial charge in [0.2, 0.25) is 0 Å². The molecule has 0 aliphatic rings. The smallest absolute Gasteiger partial charge is 0.306 e. The average Bonchev–Trinajstić information content (AvgIpc) is 2.59. The SMILES string of the molecule is CC(CC(CCc1ccc(-c2ccc(F)cc2)cc1)C(=O)O)C(=O)O. The first kappa shape index (κ1) is 18.6. The number of benzene rings is 2. The Morgan fingerprint density at radius 2 is 1.44 bits per heavy atom. The molecule has 0 bridgehead atoms. The molecule has 25 heavy (non-hydrogen) atoms. The molecule has 0 saturated heterocycles. The predicted molar refractivity (Wildman–Crippen MR) is 92.7 cm³/mol. The number of hydrogen-bond donors (Lipinski definition) is 2. The van der Waals surface area contributed by atoms with Gasteiger partial charge in [-0.15, -0.1) is 0 Å². The van der Waals surface area contributed by atoms with E-state index >= 15 is 0 Å². The number of aliphatic carboxylic acids is 2. The Hall–Kier alpha value is -2.69. The second-order valence-electron chi connectivity index (χ2n) is 6.25. The Kier molecular flexibility index (Phi) is 6.28. The first-order valence-electron chi connectivity index (χ1n) is 8.17. The lowest BCUT2D eigenvalue weighted by Crippen LogP contribution is -2.21. The van der Waals surface area contributed by atoms with Gasteiger partial charge in [-0.05, 0) is 48.1 Å². The molecular weight excluding hydrogens is 323 g/mol. The van der Waals surface area contributed by atoms with E-state index in [0.29, 0.717) is 12.8 Å². The van der Waals surface area contributed by atoms with Crippen molar-refractivity contribution in [2.24, 2.45) is 11.8 Å². The molecule has 2 rings (SSSR count). The van der Waals surface area contributed by atoms with Crippen molar-refractivity contribution in [3.63, 3.8) is 0 Å². The summed E-state index contributed by atoms with van der Waals surface area (Å²) in [5, 5.41) is 18.2. The molecule has 2 unspecified atom stereocenters. The van der Waals surface area contributed by atoms with Gasteiger partial charge in [0, 0.05) is 0 Å². The van der Waals surface area contributed by atoms with Crippen LogP contribution >= 0.6 is 0 Å². The summed E-state index contributed by atoms with van der Waals surface area (Å²) in [6.45, 7) is 1.52. The van der Waals surface area contributed by atoms with E-state index in [2.05, 4.69) is 0 Å². The third kappa shape index (κ3) is 5.41. The molecule has 132 valence electrons. The zero-order chi connectivity index (χ0) is 18.4. The summed E-state index contributed by atoms with van der Waals surface area (Å²) in [5.74, 6) is -3.58. The average molecular weight is 344 g/mol. The summed E-state index contributed by atoms with van der Waals surface area (Å²) < 4.78 is 13.0. The molecule has 0 amide bonds. The fraction of sp³-hybridized carbons (Fsp3) is 0.300. The van der Waals surface area contributed by atoms with Crippen LogP contribution in [0.15, 0.2) is 48.5 Å². The molecule has 2 N–H and O–H groups in total.